The summed E-state index contributed by atoms with van der Waals surface area (Å²) in [6.07, 6.45) is 0. The van der Waals surface area contributed by atoms with Gasteiger partial charge in [-0.15, -0.1) is 0 Å². The van der Waals surface area contributed by atoms with Crippen LogP contribution < -0.4 is 15.2 Å². The molecule has 15 heavy (non-hydrogen) atoms. The van der Waals surface area contributed by atoms with Gasteiger partial charge in [0.05, 0.1) is 23.2 Å². The molecule has 0 fully saturated rings. The second-order valence-corrected chi connectivity index (χ2v) is 4.35. The fourth-order valence-electron chi connectivity index (χ4n) is 1.21. The molecule has 1 amide bonds. The minimum atomic E-state index is -0.606. The van der Waals surface area contributed by atoms with Crippen molar-refractivity contribution in [3.63, 3.8) is 0 Å². The summed E-state index contributed by atoms with van der Waals surface area (Å²) < 4.78 is 11.4. The molecule has 0 saturated carbocycles. The number of halogens is 2. The Morgan fingerprint density at radius 1 is 1.20 bits per heavy atom. The van der Waals surface area contributed by atoms with Crippen molar-refractivity contribution in [1.29, 1.82) is 0 Å². The number of benzene rings is 1. The highest BCUT2D eigenvalue weighted by molar-refractivity contribution is 9.11. The summed E-state index contributed by atoms with van der Waals surface area (Å²) in [7, 11) is 2.92. The van der Waals surface area contributed by atoms with E-state index in [1.54, 1.807) is 6.07 Å². The van der Waals surface area contributed by atoms with Gasteiger partial charge in [0.15, 0.2) is 0 Å². The fourth-order valence-corrected chi connectivity index (χ4v) is 2.69. The summed E-state index contributed by atoms with van der Waals surface area (Å²) >= 11 is 6.54. The highest BCUT2D eigenvalue weighted by Gasteiger charge is 2.21. The van der Waals surface area contributed by atoms with Gasteiger partial charge in [-0.05, 0) is 37.9 Å². The number of methoxy groups -OCH3 is 2. The Morgan fingerprint density at radius 3 is 1.87 bits per heavy atom. The van der Waals surface area contributed by atoms with E-state index in [9.17, 15) is 4.79 Å². The first kappa shape index (κ1) is 12.3. The number of nitrogens with two attached hydrogens (primary N) is 1. The zero-order valence-corrected chi connectivity index (χ0v) is 11.3. The average Bonchev–Trinajstić information content (AvgIpc) is 2.16. The Balaban J connectivity index is 3.58. The highest BCUT2D eigenvalue weighted by Crippen LogP contribution is 2.40. The number of primary amides is 1. The topological polar surface area (TPSA) is 61.6 Å². The van der Waals surface area contributed by atoms with Crippen molar-refractivity contribution in [1.82, 2.24) is 0 Å². The van der Waals surface area contributed by atoms with Gasteiger partial charge >= 0.3 is 0 Å². The molecule has 82 valence electrons. The maximum absolute atomic E-state index is 11.3. The number of rotatable bonds is 3. The smallest absolute Gasteiger partial charge is 0.256 e. The van der Waals surface area contributed by atoms with Crippen molar-refractivity contribution in [3.8, 4) is 11.5 Å². The van der Waals surface area contributed by atoms with Gasteiger partial charge in [-0.2, -0.15) is 0 Å². The Hall–Kier alpha value is -0.750. The summed E-state index contributed by atoms with van der Waals surface area (Å²) in [5, 5.41) is 0. The van der Waals surface area contributed by atoms with Gasteiger partial charge in [0.25, 0.3) is 5.91 Å². The molecule has 0 aromatic heterocycles. The quantitative estimate of drug-likeness (QED) is 0.920. The Labute approximate surface area is 104 Å². The summed E-state index contributed by atoms with van der Waals surface area (Å²) in [6, 6.07) is 1.73. The molecule has 1 aromatic carbocycles. The van der Waals surface area contributed by atoms with E-state index < -0.39 is 5.91 Å². The zero-order chi connectivity index (χ0) is 11.6. The summed E-state index contributed by atoms with van der Waals surface area (Å²) in [5.41, 5.74) is 5.47. The van der Waals surface area contributed by atoms with Crippen LogP contribution in [0.25, 0.3) is 0 Å². The van der Waals surface area contributed by atoms with Crippen LogP contribution in [0.5, 0.6) is 11.5 Å². The predicted molar refractivity (Wildman–Crippen MR) is 63.5 cm³/mol. The lowest BCUT2D eigenvalue weighted by Crippen LogP contribution is -2.14. The van der Waals surface area contributed by atoms with Crippen LogP contribution in [0.4, 0.5) is 0 Å². The minimum Gasteiger partial charge on any atom is -0.495 e. The van der Waals surface area contributed by atoms with Crippen molar-refractivity contribution in [3.05, 3.63) is 20.6 Å². The number of amides is 1. The molecule has 0 heterocycles. The number of hydrogen-bond acceptors (Lipinski definition) is 3. The van der Waals surface area contributed by atoms with Gasteiger partial charge in [0.1, 0.15) is 17.1 Å². The molecular formula is C9H9Br2NO3. The Bertz CT molecular complexity index is 379. The van der Waals surface area contributed by atoms with Crippen LogP contribution >= 0.6 is 31.9 Å². The zero-order valence-electron chi connectivity index (χ0n) is 8.14. The Kier molecular flexibility index (Phi) is 3.98. The maximum atomic E-state index is 11.3. The van der Waals surface area contributed by atoms with Gasteiger partial charge < -0.3 is 15.2 Å². The lowest BCUT2D eigenvalue weighted by Gasteiger charge is -2.13. The molecule has 0 atom stereocenters. The van der Waals surface area contributed by atoms with Crippen molar-refractivity contribution >= 4 is 37.8 Å². The van der Waals surface area contributed by atoms with Crippen LogP contribution in [-0.4, -0.2) is 20.1 Å². The minimum absolute atomic E-state index is 0.209. The number of carbonyl (C=O) groups excluding carboxylic acids is 1. The molecule has 0 saturated heterocycles. The van der Waals surface area contributed by atoms with E-state index in [1.165, 1.54) is 14.2 Å². The normalized spacial score (nSPS) is 9.87. The molecule has 0 aliphatic rings. The molecule has 0 bridgehead atoms. The van der Waals surface area contributed by atoms with E-state index in [0.29, 0.717) is 20.4 Å². The second-order valence-electron chi connectivity index (χ2n) is 2.65. The SMILES string of the molecule is COc1c(Br)cc(Br)c(OC)c1C(N)=O. The molecule has 0 aliphatic heterocycles. The van der Waals surface area contributed by atoms with Crippen molar-refractivity contribution in [2.24, 2.45) is 5.73 Å². The van der Waals surface area contributed by atoms with Gasteiger partial charge in [0, 0.05) is 0 Å². The first-order valence-corrected chi connectivity index (χ1v) is 5.51. The van der Waals surface area contributed by atoms with Crippen LogP contribution in [0.15, 0.2) is 15.0 Å². The first-order valence-electron chi connectivity index (χ1n) is 3.92. The molecule has 1 aromatic rings. The van der Waals surface area contributed by atoms with Crippen LogP contribution in [0, 0.1) is 0 Å². The molecular weight excluding hydrogens is 330 g/mol. The maximum Gasteiger partial charge on any atom is 0.256 e. The van der Waals surface area contributed by atoms with Crippen LogP contribution in [0.2, 0.25) is 0 Å². The van der Waals surface area contributed by atoms with Crippen LogP contribution in [0.3, 0.4) is 0 Å². The second kappa shape index (κ2) is 4.85. The standard InChI is InChI=1S/C9H9Br2NO3/c1-14-7-4(10)3-5(11)8(15-2)6(7)9(12)13/h3H,1-2H3,(H2,12,13). The lowest BCUT2D eigenvalue weighted by molar-refractivity contribution is 0.0994. The third kappa shape index (κ3) is 2.26. The number of ether oxygens (including phenoxy) is 2. The van der Waals surface area contributed by atoms with Gasteiger partial charge in [-0.1, -0.05) is 0 Å². The van der Waals surface area contributed by atoms with Gasteiger partial charge in [-0.25, -0.2) is 0 Å². The van der Waals surface area contributed by atoms with Crippen molar-refractivity contribution in [2.75, 3.05) is 14.2 Å². The van der Waals surface area contributed by atoms with Crippen LogP contribution in [0.1, 0.15) is 10.4 Å². The predicted octanol–water partition coefficient (Wildman–Crippen LogP) is 2.33. The average molecular weight is 339 g/mol. The van der Waals surface area contributed by atoms with Gasteiger partial charge in [-0.3, -0.25) is 4.79 Å². The summed E-state index contributed by atoms with van der Waals surface area (Å²) in [4.78, 5) is 11.3. The highest BCUT2D eigenvalue weighted by atomic mass is 79.9. The lowest BCUT2D eigenvalue weighted by atomic mass is 10.1. The summed E-state index contributed by atoms with van der Waals surface area (Å²) in [5.74, 6) is 0.121. The van der Waals surface area contributed by atoms with Gasteiger partial charge in [0.2, 0.25) is 0 Å². The fraction of sp³-hybridized carbons (Fsp3) is 0.222. The van der Waals surface area contributed by atoms with E-state index >= 15 is 0 Å². The van der Waals surface area contributed by atoms with E-state index in [0.717, 1.165) is 0 Å². The van der Waals surface area contributed by atoms with E-state index in [1.807, 2.05) is 0 Å². The van der Waals surface area contributed by atoms with Crippen molar-refractivity contribution in [2.45, 2.75) is 0 Å². The number of carbonyl (C=O) groups is 1. The molecule has 0 spiro atoms. The first-order chi connectivity index (χ1) is 7.02. The number of hydrogen-bond donors (Lipinski definition) is 1. The molecule has 6 heteroatoms. The Morgan fingerprint density at radius 2 is 1.60 bits per heavy atom. The summed E-state index contributed by atoms with van der Waals surface area (Å²) in [6.45, 7) is 0. The van der Waals surface area contributed by atoms with E-state index in [-0.39, 0.29) is 5.56 Å². The molecule has 1 rings (SSSR count). The molecule has 2 N–H and O–H groups in total. The third-order valence-electron chi connectivity index (χ3n) is 1.80. The van der Waals surface area contributed by atoms with E-state index in [4.69, 9.17) is 15.2 Å². The molecule has 0 unspecified atom stereocenters. The molecule has 4 nitrogen and oxygen atoms in total. The van der Waals surface area contributed by atoms with E-state index in [2.05, 4.69) is 31.9 Å². The van der Waals surface area contributed by atoms with Crippen molar-refractivity contribution < 1.29 is 14.3 Å². The monoisotopic (exact) mass is 337 g/mol. The molecule has 0 aliphatic carbocycles. The van der Waals surface area contributed by atoms with Crippen LogP contribution in [-0.2, 0) is 0 Å². The molecule has 0 radical (unpaired) electrons. The largest absolute Gasteiger partial charge is 0.495 e. The third-order valence-corrected chi connectivity index (χ3v) is 2.97.